The molecule has 2 atom stereocenters. The lowest BCUT2D eigenvalue weighted by molar-refractivity contribution is -0.137. The quantitative estimate of drug-likeness (QED) is 0.636. The maximum absolute atomic E-state index is 13.1. The standard InChI is InChI=1S/C25H28F3NO3/c1-31-22-10-9-17(14-23(22)32-21-7-2-3-8-21)19-13-18(24(30)29-15-19)11-16-5-4-6-20(12-16)25(26,27)28/h4-6,9-10,12,14,18-19,21H,2-3,7-8,11,13,15H2,1H3,(H,29,30). The summed E-state index contributed by atoms with van der Waals surface area (Å²) in [4.78, 5) is 12.5. The van der Waals surface area contributed by atoms with Crippen LogP contribution in [0.5, 0.6) is 11.5 Å². The first kappa shape index (κ1) is 22.5. The smallest absolute Gasteiger partial charge is 0.416 e. The topological polar surface area (TPSA) is 47.6 Å². The molecule has 7 heteroatoms. The van der Waals surface area contributed by atoms with Gasteiger partial charge in [-0.05, 0) is 67.9 Å². The number of rotatable bonds is 6. The minimum atomic E-state index is -4.40. The van der Waals surface area contributed by atoms with Gasteiger partial charge in [-0.2, -0.15) is 13.2 Å². The van der Waals surface area contributed by atoms with Crippen LogP contribution >= 0.6 is 0 Å². The fourth-order valence-corrected chi connectivity index (χ4v) is 4.72. The molecule has 1 saturated heterocycles. The van der Waals surface area contributed by atoms with Crippen LogP contribution in [-0.4, -0.2) is 25.7 Å². The molecule has 2 fully saturated rings. The number of benzene rings is 2. The van der Waals surface area contributed by atoms with Gasteiger partial charge in [0.05, 0.1) is 18.8 Å². The number of nitrogens with one attached hydrogen (secondary N) is 1. The number of hydrogen-bond acceptors (Lipinski definition) is 3. The summed E-state index contributed by atoms with van der Waals surface area (Å²) in [6.07, 6.45) is 1.03. The first-order chi connectivity index (χ1) is 15.3. The minimum Gasteiger partial charge on any atom is -0.493 e. The lowest BCUT2D eigenvalue weighted by Gasteiger charge is -2.30. The number of carbonyl (C=O) groups is 1. The van der Waals surface area contributed by atoms with Crippen LogP contribution in [0, 0.1) is 5.92 Å². The number of methoxy groups -OCH3 is 1. The minimum absolute atomic E-state index is 0.0559. The van der Waals surface area contributed by atoms with Crippen LogP contribution in [0.3, 0.4) is 0 Å². The number of halogens is 3. The number of hydrogen-bond donors (Lipinski definition) is 1. The Balaban J connectivity index is 1.50. The van der Waals surface area contributed by atoms with Crippen LogP contribution in [0.4, 0.5) is 13.2 Å². The van der Waals surface area contributed by atoms with E-state index < -0.39 is 17.7 Å². The number of alkyl halides is 3. The summed E-state index contributed by atoms with van der Waals surface area (Å²) in [6, 6.07) is 11.1. The van der Waals surface area contributed by atoms with Gasteiger partial charge in [-0.1, -0.05) is 24.3 Å². The van der Waals surface area contributed by atoms with Gasteiger partial charge in [0.2, 0.25) is 5.91 Å². The molecule has 2 unspecified atom stereocenters. The highest BCUT2D eigenvalue weighted by Crippen LogP contribution is 2.37. The van der Waals surface area contributed by atoms with Crippen molar-refractivity contribution in [3.8, 4) is 11.5 Å². The molecule has 172 valence electrons. The third kappa shape index (κ3) is 5.19. The summed E-state index contributed by atoms with van der Waals surface area (Å²) >= 11 is 0. The van der Waals surface area contributed by atoms with Gasteiger partial charge >= 0.3 is 6.18 Å². The highest BCUT2D eigenvalue weighted by atomic mass is 19.4. The monoisotopic (exact) mass is 447 g/mol. The van der Waals surface area contributed by atoms with E-state index in [0.29, 0.717) is 30.0 Å². The Labute approximate surface area is 186 Å². The normalized spacial score (nSPS) is 21.9. The van der Waals surface area contributed by atoms with E-state index in [9.17, 15) is 18.0 Å². The molecule has 1 saturated carbocycles. The van der Waals surface area contributed by atoms with Crippen LogP contribution in [0.15, 0.2) is 42.5 Å². The van der Waals surface area contributed by atoms with Crippen molar-refractivity contribution in [1.29, 1.82) is 0 Å². The molecule has 2 aromatic rings. The van der Waals surface area contributed by atoms with E-state index in [1.807, 2.05) is 18.2 Å². The van der Waals surface area contributed by atoms with Crippen LogP contribution in [-0.2, 0) is 17.4 Å². The van der Waals surface area contributed by atoms with E-state index in [4.69, 9.17) is 9.47 Å². The SMILES string of the molecule is COc1ccc(C2CNC(=O)C(Cc3cccc(C(F)(F)F)c3)C2)cc1OC1CCCC1. The molecule has 0 spiro atoms. The van der Waals surface area contributed by atoms with E-state index in [-0.39, 0.29) is 24.3 Å². The third-order valence-corrected chi connectivity index (χ3v) is 6.45. The first-order valence-electron chi connectivity index (χ1n) is 11.1. The van der Waals surface area contributed by atoms with Gasteiger partial charge in [-0.3, -0.25) is 4.79 Å². The summed E-state index contributed by atoms with van der Waals surface area (Å²) in [5, 5.41) is 2.93. The van der Waals surface area contributed by atoms with Crippen molar-refractivity contribution in [1.82, 2.24) is 5.32 Å². The maximum Gasteiger partial charge on any atom is 0.416 e. The van der Waals surface area contributed by atoms with Gasteiger partial charge in [0, 0.05) is 18.4 Å². The van der Waals surface area contributed by atoms with E-state index in [2.05, 4.69) is 5.32 Å². The Hall–Kier alpha value is -2.70. The van der Waals surface area contributed by atoms with Crippen molar-refractivity contribution in [3.63, 3.8) is 0 Å². The third-order valence-electron chi connectivity index (χ3n) is 6.45. The predicted octanol–water partition coefficient (Wildman–Crippen LogP) is 5.50. The second kappa shape index (κ2) is 9.43. The molecule has 0 radical (unpaired) electrons. The zero-order valence-electron chi connectivity index (χ0n) is 18.1. The van der Waals surface area contributed by atoms with Crippen molar-refractivity contribution in [2.24, 2.45) is 5.92 Å². The van der Waals surface area contributed by atoms with Crippen LogP contribution < -0.4 is 14.8 Å². The molecule has 1 aliphatic carbocycles. The van der Waals surface area contributed by atoms with E-state index in [1.165, 1.54) is 18.9 Å². The van der Waals surface area contributed by atoms with E-state index in [0.717, 1.165) is 30.5 Å². The summed E-state index contributed by atoms with van der Waals surface area (Å²) in [5.41, 5.74) is 0.861. The van der Waals surface area contributed by atoms with Crippen LogP contribution in [0.1, 0.15) is 54.7 Å². The highest BCUT2D eigenvalue weighted by molar-refractivity contribution is 5.80. The average molecular weight is 447 g/mol. The number of ether oxygens (including phenoxy) is 2. The molecular weight excluding hydrogens is 419 g/mol. The second-order valence-electron chi connectivity index (χ2n) is 8.71. The van der Waals surface area contributed by atoms with Crippen molar-refractivity contribution in [2.75, 3.05) is 13.7 Å². The summed E-state index contributed by atoms with van der Waals surface area (Å²) < 4.78 is 50.8. The lowest BCUT2D eigenvalue weighted by Crippen LogP contribution is -2.41. The number of amides is 1. The van der Waals surface area contributed by atoms with Gasteiger partial charge in [0.15, 0.2) is 11.5 Å². The number of carbonyl (C=O) groups excluding carboxylic acids is 1. The Kier molecular flexibility index (Phi) is 6.63. The average Bonchev–Trinajstić information content (AvgIpc) is 3.28. The van der Waals surface area contributed by atoms with Gasteiger partial charge in [0.25, 0.3) is 0 Å². The summed E-state index contributed by atoms with van der Waals surface area (Å²) in [6.45, 7) is 0.493. The highest BCUT2D eigenvalue weighted by Gasteiger charge is 2.33. The fourth-order valence-electron chi connectivity index (χ4n) is 4.72. The fraction of sp³-hybridized carbons (Fsp3) is 0.480. The molecule has 1 aliphatic heterocycles. The van der Waals surface area contributed by atoms with Crippen LogP contribution in [0.2, 0.25) is 0 Å². The van der Waals surface area contributed by atoms with E-state index >= 15 is 0 Å². The Bertz CT molecular complexity index is 954. The van der Waals surface area contributed by atoms with Crippen molar-refractivity contribution in [2.45, 2.75) is 56.7 Å². The van der Waals surface area contributed by atoms with Gasteiger partial charge in [0.1, 0.15) is 0 Å². The molecule has 4 nitrogen and oxygen atoms in total. The zero-order valence-corrected chi connectivity index (χ0v) is 18.1. The summed E-state index contributed by atoms with van der Waals surface area (Å²) in [7, 11) is 1.61. The van der Waals surface area contributed by atoms with Crippen molar-refractivity contribution >= 4 is 5.91 Å². The summed E-state index contributed by atoms with van der Waals surface area (Å²) in [5.74, 6) is 0.942. The molecule has 32 heavy (non-hydrogen) atoms. The second-order valence-corrected chi connectivity index (χ2v) is 8.71. The molecule has 0 aromatic heterocycles. The molecule has 1 N–H and O–H groups in total. The lowest BCUT2D eigenvalue weighted by atomic mass is 9.82. The predicted molar refractivity (Wildman–Crippen MR) is 115 cm³/mol. The molecule has 2 aliphatic rings. The molecule has 1 heterocycles. The van der Waals surface area contributed by atoms with Crippen molar-refractivity contribution in [3.05, 3.63) is 59.2 Å². The largest absolute Gasteiger partial charge is 0.493 e. The Morgan fingerprint density at radius 2 is 1.84 bits per heavy atom. The van der Waals surface area contributed by atoms with Gasteiger partial charge in [-0.15, -0.1) is 0 Å². The molecule has 4 rings (SSSR count). The molecular formula is C25H28F3NO3. The van der Waals surface area contributed by atoms with Gasteiger partial charge in [-0.25, -0.2) is 0 Å². The van der Waals surface area contributed by atoms with Gasteiger partial charge < -0.3 is 14.8 Å². The Morgan fingerprint density at radius 3 is 2.56 bits per heavy atom. The zero-order chi connectivity index (χ0) is 22.7. The molecule has 2 aromatic carbocycles. The van der Waals surface area contributed by atoms with Crippen molar-refractivity contribution < 1.29 is 27.4 Å². The number of piperidine rings is 1. The van der Waals surface area contributed by atoms with E-state index in [1.54, 1.807) is 13.2 Å². The maximum atomic E-state index is 13.1. The molecule has 0 bridgehead atoms. The molecule has 1 amide bonds. The first-order valence-corrected chi connectivity index (χ1v) is 11.1. The Morgan fingerprint density at radius 1 is 1.06 bits per heavy atom. The van der Waals surface area contributed by atoms with Crippen LogP contribution in [0.25, 0.3) is 0 Å².